The number of aliphatic hydroxyl groups excluding tert-OH is 11. The van der Waals surface area contributed by atoms with Crippen LogP contribution in [0.5, 0.6) is 0 Å². The molecule has 3 aliphatic rings. The summed E-state index contributed by atoms with van der Waals surface area (Å²) in [6.45, 7) is 1.48. The maximum atomic E-state index is 13.2. The van der Waals surface area contributed by atoms with Gasteiger partial charge in [0.1, 0.15) is 73.2 Å². The zero-order valence-electron chi connectivity index (χ0n) is 45.6. The van der Waals surface area contributed by atoms with Crippen LogP contribution in [0.2, 0.25) is 0 Å². The first-order valence-electron chi connectivity index (χ1n) is 28.3. The van der Waals surface area contributed by atoms with E-state index in [-0.39, 0.29) is 6.42 Å². The van der Waals surface area contributed by atoms with Gasteiger partial charge in [-0.1, -0.05) is 163 Å². The largest absolute Gasteiger partial charge is 0.394 e. The minimum atomic E-state index is -1.99. The van der Waals surface area contributed by atoms with Crippen LogP contribution in [0, 0.1) is 0 Å². The molecule has 0 aromatic heterocycles. The van der Waals surface area contributed by atoms with E-state index in [1.54, 1.807) is 12.2 Å². The molecule has 0 aliphatic carbocycles. The van der Waals surface area contributed by atoms with Crippen molar-refractivity contribution >= 4 is 5.91 Å². The number of hydrogen-bond acceptors (Lipinski definition) is 18. The van der Waals surface area contributed by atoms with E-state index in [4.69, 9.17) is 28.4 Å². The lowest BCUT2D eigenvalue weighted by atomic mass is 9.96. The highest BCUT2D eigenvalue weighted by Crippen LogP contribution is 2.33. The first-order chi connectivity index (χ1) is 37.3. The average molecular weight is 1100 g/mol. The maximum absolute atomic E-state index is 13.2. The summed E-state index contributed by atoms with van der Waals surface area (Å²) in [7, 11) is 0. The summed E-state index contributed by atoms with van der Waals surface area (Å²) >= 11 is 0. The number of ether oxygens (including phenoxy) is 6. The molecule has 19 heteroatoms. The second kappa shape index (κ2) is 41.0. The lowest BCUT2D eigenvalue weighted by molar-refractivity contribution is -0.379. The molecular weight excluding hydrogens is 999 g/mol. The van der Waals surface area contributed by atoms with Gasteiger partial charge in [-0.25, -0.2) is 0 Å². The third-order valence-corrected chi connectivity index (χ3v) is 13.7. The van der Waals surface area contributed by atoms with Crippen LogP contribution >= 0.6 is 0 Å². The first-order valence-corrected chi connectivity index (χ1v) is 28.3. The number of allylic oxidation sites excluding steroid dienone is 12. The van der Waals surface area contributed by atoms with E-state index in [1.807, 2.05) is 24.3 Å². The Morgan fingerprint density at radius 1 is 0.481 bits per heavy atom. The third-order valence-electron chi connectivity index (χ3n) is 13.7. The quantitative estimate of drug-likeness (QED) is 0.0305. The number of aliphatic hydroxyl groups is 11. The SMILES string of the molecule is CC/C=C\C/C=C\C/C=C\C/C=C\C/C=C\CC(=O)NC(COC1OC(CO)C(OC2OC(CO)C(OC3OC(CO)C(O)C(O)C3O)C(O)C2O)C(O)C1O)C(O)/C=C/CC/C=C/CCCCCCCCCCCCC. The molecule has 3 saturated heterocycles. The summed E-state index contributed by atoms with van der Waals surface area (Å²) in [4.78, 5) is 13.2. The number of amides is 1. The van der Waals surface area contributed by atoms with Gasteiger partial charge in [-0.2, -0.15) is 0 Å². The zero-order chi connectivity index (χ0) is 56.2. The summed E-state index contributed by atoms with van der Waals surface area (Å²) in [6, 6.07) is -1.05. The molecule has 0 aromatic rings. The molecule has 0 saturated carbocycles. The standard InChI is InChI=1S/C58H97NO18/c1-3-5-7-9-11-13-15-17-19-20-22-23-25-27-29-31-33-35-42(63)41(59-46(64)36-34-32-30-28-26-24-21-18-16-14-12-10-8-6-4-2)40-72-56-52(70)49(67)54(44(38-61)74-56)77-58-53(71)50(68)55(45(39-62)75-58)76-57-51(69)48(66)47(65)43(37-60)73-57/h6,8,12,14,18,21,25-28,32-35,41-45,47-58,60-63,65-71H,3-5,7,9-11,13,15-17,19-20,22-24,29-31,36-40H2,1-2H3,(H,59,64)/b8-6-,14-12-,21-18-,27-25+,28-26-,34-32-,35-33+. The molecule has 3 heterocycles. The molecule has 1 amide bonds. The Morgan fingerprint density at radius 3 is 1.43 bits per heavy atom. The van der Waals surface area contributed by atoms with Crippen molar-refractivity contribution in [1.82, 2.24) is 5.32 Å². The maximum Gasteiger partial charge on any atom is 0.224 e. The molecule has 3 fully saturated rings. The molecule has 19 nitrogen and oxygen atoms in total. The molecule has 0 radical (unpaired) electrons. The van der Waals surface area contributed by atoms with Gasteiger partial charge in [-0.15, -0.1) is 0 Å². The van der Waals surface area contributed by atoms with E-state index in [9.17, 15) is 61.0 Å². The van der Waals surface area contributed by atoms with Crippen molar-refractivity contribution < 1.29 is 89.4 Å². The van der Waals surface area contributed by atoms with E-state index in [2.05, 4.69) is 67.8 Å². The van der Waals surface area contributed by atoms with Gasteiger partial charge in [-0.3, -0.25) is 4.79 Å². The molecule has 3 aliphatic heterocycles. The lowest BCUT2D eigenvalue weighted by Gasteiger charge is -2.48. The Hall–Kier alpha value is -3.03. The fraction of sp³-hybridized carbons (Fsp3) is 0.741. The predicted octanol–water partition coefficient (Wildman–Crippen LogP) is 4.03. The highest BCUT2D eigenvalue weighted by molar-refractivity contribution is 5.77. The highest BCUT2D eigenvalue weighted by atomic mass is 16.8. The van der Waals surface area contributed by atoms with Crippen molar-refractivity contribution in [2.75, 3.05) is 26.4 Å². The van der Waals surface area contributed by atoms with Crippen molar-refractivity contribution in [3.63, 3.8) is 0 Å². The van der Waals surface area contributed by atoms with Gasteiger partial charge in [0.15, 0.2) is 18.9 Å². The monoisotopic (exact) mass is 1100 g/mol. The van der Waals surface area contributed by atoms with Crippen LogP contribution in [-0.2, 0) is 33.2 Å². The Bertz CT molecular complexity index is 1740. The van der Waals surface area contributed by atoms with Crippen molar-refractivity contribution in [3.8, 4) is 0 Å². The average Bonchev–Trinajstić information content (AvgIpc) is 3.43. The lowest BCUT2D eigenvalue weighted by Crippen LogP contribution is -2.66. The molecule has 77 heavy (non-hydrogen) atoms. The van der Waals surface area contributed by atoms with E-state index in [0.29, 0.717) is 12.8 Å². The number of unbranched alkanes of at least 4 members (excludes halogenated alkanes) is 12. The second-order valence-corrected chi connectivity index (χ2v) is 20.0. The van der Waals surface area contributed by atoms with Gasteiger partial charge in [0.2, 0.25) is 5.91 Å². The van der Waals surface area contributed by atoms with E-state index in [1.165, 1.54) is 64.2 Å². The number of hydrogen-bond donors (Lipinski definition) is 12. The van der Waals surface area contributed by atoms with E-state index < -0.39 is 137 Å². The number of carbonyl (C=O) groups is 1. The van der Waals surface area contributed by atoms with Gasteiger partial charge in [0, 0.05) is 6.42 Å². The Labute approximate surface area is 457 Å². The molecular formula is C58H97NO18. The first kappa shape index (κ1) is 68.2. The molecule has 17 atom stereocenters. The van der Waals surface area contributed by atoms with Crippen LogP contribution in [0.4, 0.5) is 0 Å². The smallest absolute Gasteiger partial charge is 0.224 e. The van der Waals surface area contributed by atoms with Crippen LogP contribution < -0.4 is 5.32 Å². The van der Waals surface area contributed by atoms with E-state index in [0.717, 1.165) is 44.9 Å². The third kappa shape index (κ3) is 25.5. The minimum Gasteiger partial charge on any atom is -0.394 e. The van der Waals surface area contributed by atoms with Crippen LogP contribution in [0.25, 0.3) is 0 Å². The summed E-state index contributed by atoms with van der Waals surface area (Å²) in [5.41, 5.74) is 0. The zero-order valence-corrected chi connectivity index (χ0v) is 45.6. The normalized spacial score (nSPS) is 31.4. The van der Waals surface area contributed by atoms with Crippen molar-refractivity contribution in [2.24, 2.45) is 0 Å². The van der Waals surface area contributed by atoms with Crippen molar-refractivity contribution in [1.29, 1.82) is 0 Å². The Balaban J connectivity index is 1.57. The van der Waals surface area contributed by atoms with Gasteiger partial charge in [0.25, 0.3) is 0 Å². The molecule has 12 N–H and O–H groups in total. The topological polar surface area (TPSA) is 307 Å². The van der Waals surface area contributed by atoms with Gasteiger partial charge < -0.3 is 89.9 Å². The summed E-state index contributed by atoms with van der Waals surface area (Å²) in [5.74, 6) is -0.417. The van der Waals surface area contributed by atoms with Crippen LogP contribution in [-0.4, -0.2) is 193 Å². The molecule has 442 valence electrons. The molecule has 0 spiro atoms. The second-order valence-electron chi connectivity index (χ2n) is 20.0. The molecule has 3 rings (SSSR count). The molecule has 17 unspecified atom stereocenters. The summed E-state index contributed by atoms with van der Waals surface area (Å²) < 4.78 is 34.1. The minimum absolute atomic E-state index is 0.00119. The van der Waals surface area contributed by atoms with Crippen LogP contribution in [0.15, 0.2) is 85.1 Å². The van der Waals surface area contributed by atoms with Crippen molar-refractivity contribution in [3.05, 3.63) is 85.1 Å². The molecule has 0 bridgehead atoms. The van der Waals surface area contributed by atoms with Crippen LogP contribution in [0.3, 0.4) is 0 Å². The Kier molecular flexibility index (Phi) is 36.4. The van der Waals surface area contributed by atoms with Gasteiger partial charge in [-0.05, 0) is 57.8 Å². The van der Waals surface area contributed by atoms with Crippen LogP contribution in [0.1, 0.15) is 142 Å². The van der Waals surface area contributed by atoms with E-state index >= 15 is 0 Å². The number of rotatable bonds is 39. The summed E-state index contributed by atoms with van der Waals surface area (Å²) in [5, 5.41) is 120. The highest BCUT2D eigenvalue weighted by Gasteiger charge is 2.53. The van der Waals surface area contributed by atoms with Crippen molar-refractivity contribution in [2.45, 2.75) is 247 Å². The number of nitrogens with one attached hydrogen (secondary N) is 1. The molecule has 0 aromatic carbocycles. The van der Waals surface area contributed by atoms with Gasteiger partial charge in [0.05, 0.1) is 38.6 Å². The summed E-state index contributed by atoms with van der Waals surface area (Å²) in [6.07, 6.45) is 21.8. The number of carbonyl (C=O) groups excluding carboxylic acids is 1. The fourth-order valence-corrected chi connectivity index (χ4v) is 9.04. The Morgan fingerprint density at radius 2 is 0.909 bits per heavy atom. The van der Waals surface area contributed by atoms with Gasteiger partial charge >= 0.3 is 0 Å². The predicted molar refractivity (Wildman–Crippen MR) is 291 cm³/mol. The fourth-order valence-electron chi connectivity index (χ4n) is 9.04.